The lowest BCUT2D eigenvalue weighted by Gasteiger charge is -2.24. The molecule has 5 heteroatoms. The average Bonchev–Trinajstić information content (AvgIpc) is 2.96. The summed E-state index contributed by atoms with van der Waals surface area (Å²) in [6, 6.07) is 6.18. The van der Waals surface area contributed by atoms with Crippen LogP contribution in [0.4, 0.5) is 5.69 Å². The van der Waals surface area contributed by atoms with Gasteiger partial charge in [0.2, 0.25) is 0 Å². The van der Waals surface area contributed by atoms with Gasteiger partial charge in [-0.1, -0.05) is 32.0 Å². The summed E-state index contributed by atoms with van der Waals surface area (Å²) in [5.74, 6) is 2.57. The second kappa shape index (κ2) is 7.07. The van der Waals surface area contributed by atoms with Gasteiger partial charge in [0.25, 0.3) is 0 Å². The summed E-state index contributed by atoms with van der Waals surface area (Å²) in [7, 11) is 0. The summed E-state index contributed by atoms with van der Waals surface area (Å²) in [6.07, 6.45) is 1.21. The lowest BCUT2D eigenvalue weighted by Crippen LogP contribution is -2.26. The van der Waals surface area contributed by atoms with Crippen molar-refractivity contribution in [2.75, 3.05) is 23.7 Å². The van der Waals surface area contributed by atoms with Crippen molar-refractivity contribution in [2.45, 2.75) is 32.1 Å². The minimum absolute atomic E-state index is 0.203. The van der Waals surface area contributed by atoms with E-state index in [1.54, 1.807) is 11.8 Å². The molecule has 1 aromatic rings. The molecule has 21 heavy (non-hydrogen) atoms. The second-order valence-electron chi connectivity index (χ2n) is 5.81. The molecule has 0 spiro atoms. The molecular weight excluding hydrogens is 282 g/mol. The zero-order valence-electron chi connectivity index (χ0n) is 13.0. The monoisotopic (exact) mass is 307 g/mol. The van der Waals surface area contributed by atoms with E-state index in [1.165, 1.54) is 6.42 Å². The first kappa shape index (κ1) is 16.0. The lowest BCUT2D eigenvalue weighted by molar-refractivity contribution is 0.318. The number of hydrogen-bond donors (Lipinski definition) is 2. The molecule has 3 N–H and O–H groups in total. The van der Waals surface area contributed by atoms with Crippen molar-refractivity contribution in [3.05, 3.63) is 23.8 Å². The third-order valence-electron chi connectivity index (χ3n) is 4.18. The van der Waals surface area contributed by atoms with E-state index in [2.05, 4.69) is 43.0 Å². The van der Waals surface area contributed by atoms with Gasteiger partial charge in [-0.2, -0.15) is 0 Å². The number of hydrogen-bond acceptors (Lipinski definition) is 4. The minimum Gasteiger partial charge on any atom is -0.409 e. The summed E-state index contributed by atoms with van der Waals surface area (Å²) in [5.41, 5.74) is 7.91. The first-order valence-corrected chi connectivity index (χ1v) is 8.55. The molecule has 0 radical (unpaired) electrons. The van der Waals surface area contributed by atoms with Crippen molar-refractivity contribution in [3.63, 3.8) is 0 Å². The molecule has 0 aliphatic carbocycles. The molecule has 1 saturated heterocycles. The smallest absolute Gasteiger partial charge is 0.173 e. The number of nitrogens with zero attached hydrogens (tertiary/aromatic N) is 2. The van der Waals surface area contributed by atoms with Crippen molar-refractivity contribution >= 4 is 23.3 Å². The van der Waals surface area contributed by atoms with E-state index in [1.807, 2.05) is 6.07 Å². The van der Waals surface area contributed by atoms with Gasteiger partial charge in [-0.15, -0.1) is 11.8 Å². The molecule has 0 saturated carbocycles. The summed E-state index contributed by atoms with van der Waals surface area (Å²) in [5, 5.41) is 12.4. The highest BCUT2D eigenvalue weighted by atomic mass is 32.2. The van der Waals surface area contributed by atoms with Crippen LogP contribution in [0.5, 0.6) is 0 Å². The quantitative estimate of drug-likeness (QED) is 0.288. The van der Waals surface area contributed by atoms with Crippen molar-refractivity contribution in [2.24, 2.45) is 22.7 Å². The summed E-state index contributed by atoms with van der Waals surface area (Å²) in [4.78, 5) is 3.45. The van der Waals surface area contributed by atoms with Gasteiger partial charge in [0.15, 0.2) is 5.84 Å². The first-order valence-electron chi connectivity index (χ1n) is 7.57. The second-order valence-corrected chi connectivity index (χ2v) is 7.11. The van der Waals surface area contributed by atoms with E-state index in [0.29, 0.717) is 11.8 Å². The van der Waals surface area contributed by atoms with Gasteiger partial charge in [-0.25, -0.2) is 0 Å². The molecule has 1 unspecified atom stereocenters. The van der Waals surface area contributed by atoms with E-state index in [0.717, 1.165) is 35.0 Å². The molecule has 2 rings (SSSR count). The Labute approximate surface area is 131 Å². The van der Waals surface area contributed by atoms with Gasteiger partial charge in [0.05, 0.1) is 5.56 Å². The standard InChI is InChI=1S/C16H25N3OS/c1-4-21-14-7-5-6-13(15(14)16(17)18-20)19-9-8-12(10-19)11(2)3/h5-7,11-12,20H,4,8-10H2,1-3H3,(H2,17,18). The fraction of sp³-hybridized carbons (Fsp3) is 0.562. The molecule has 1 aromatic carbocycles. The third-order valence-corrected chi connectivity index (χ3v) is 5.12. The molecule has 0 aromatic heterocycles. The predicted octanol–water partition coefficient (Wildman–Crippen LogP) is 3.38. The van der Waals surface area contributed by atoms with Crippen LogP contribution in [0.25, 0.3) is 0 Å². The summed E-state index contributed by atoms with van der Waals surface area (Å²) < 4.78 is 0. The SMILES string of the molecule is CCSc1cccc(N2CCC(C(C)C)C2)c1/C(N)=N/O. The number of thioether (sulfide) groups is 1. The van der Waals surface area contributed by atoms with Crippen LogP contribution in [0.1, 0.15) is 32.8 Å². The Hall–Kier alpha value is -1.36. The van der Waals surface area contributed by atoms with Crippen LogP contribution in [0.2, 0.25) is 0 Å². The number of oxime groups is 1. The molecule has 1 heterocycles. The van der Waals surface area contributed by atoms with E-state index in [4.69, 9.17) is 10.9 Å². The normalized spacial score (nSPS) is 19.5. The van der Waals surface area contributed by atoms with E-state index in [-0.39, 0.29) is 5.84 Å². The van der Waals surface area contributed by atoms with Crippen LogP contribution in [-0.4, -0.2) is 29.9 Å². The molecule has 116 valence electrons. The molecule has 0 amide bonds. The Balaban J connectivity index is 2.37. The summed E-state index contributed by atoms with van der Waals surface area (Å²) >= 11 is 1.73. The largest absolute Gasteiger partial charge is 0.409 e. The number of nitrogens with two attached hydrogens (primary N) is 1. The van der Waals surface area contributed by atoms with Crippen LogP contribution in [0.15, 0.2) is 28.3 Å². The maximum atomic E-state index is 9.12. The van der Waals surface area contributed by atoms with Gasteiger partial charge in [-0.05, 0) is 36.1 Å². The maximum absolute atomic E-state index is 9.12. The molecule has 1 atom stereocenters. The van der Waals surface area contributed by atoms with Crippen molar-refractivity contribution in [1.82, 2.24) is 0 Å². The van der Waals surface area contributed by atoms with E-state index >= 15 is 0 Å². The van der Waals surface area contributed by atoms with Crippen molar-refractivity contribution in [1.29, 1.82) is 0 Å². The molecule has 1 aliphatic rings. The number of rotatable bonds is 5. The fourth-order valence-electron chi connectivity index (χ4n) is 2.92. The Bertz CT molecular complexity index is 516. The van der Waals surface area contributed by atoms with E-state index < -0.39 is 0 Å². The number of anilines is 1. The molecule has 0 bridgehead atoms. The highest BCUT2D eigenvalue weighted by Gasteiger charge is 2.27. The van der Waals surface area contributed by atoms with Crippen LogP contribution in [-0.2, 0) is 0 Å². The Morgan fingerprint density at radius 2 is 2.29 bits per heavy atom. The molecular formula is C16H25N3OS. The number of amidine groups is 1. The highest BCUT2D eigenvalue weighted by molar-refractivity contribution is 7.99. The lowest BCUT2D eigenvalue weighted by atomic mass is 9.95. The van der Waals surface area contributed by atoms with Crippen molar-refractivity contribution in [3.8, 4) is 0 Å². The Morgan fingerprint density at radius 1 is 1.52 bits per heavy atom. The fourth-order valence-corrected chi connectivity index (χ4v) is 3.76. The topological polar surface area (TPSA) is 61.8 Å². The van der Waals surface area contributed by atoms with Crippen LogP contribution < -0.4 is 10.6 Å². The zero-order chi connectivity index (χ0) is 15.4. The van der Waals surface area contributed by atoms with Crippen LogP contribution in [0.3, 0.4) is 0 Å². The molecule has 1 fully saturated rings. The highest BCUT2D eigenvalue weighted by Crippen LogP contribution is 2.35. The third kappa shape index (κ3) is 3.46. The molecule has 4 nitrogen and oxygen atoms in total. The van der Waals surface area contributed by atoms with E-state index in [9.17, 15) is 0 Å². The Morgan fingerprint density at radius 3 is 2.86 bits per heavy atom. The Kier molecular flexibility index (Phi) is 5.39. The van der Waals surface area contributed by atoms with Gasteiger partial charge in [0.1, 0.15) is 0 Å². The van der Waals surface area contributed by atoms with Gasteiger partial charge in [0, 0.05) is 23.7 Å². The minimum atomic E-state index is 0.203. The first-order chi connectivity index (χ1) is 10.1. The van der Waals surface area contributed by atoms with Gasteiger partial charge < -0.3 is 15.8 Å². The predicted molar refractivity (Wildman–Crippen MR) is 90.5 cm³/mol. The molecule has 1 aliphatic heterocycles. The van der Waals surface area contributed by atoms with Gasteiger partial charge in [-0.3, -0.25) is 0 Å². The zero-order valence-corrected chi connectivity index (χ0v) is 13.9. The maximum Gasteiger partial charge on any atom is 0.173 e. The summed E-state index contributed by atoms with van der Waals surface area (Å²) in [6.45, 7) is 8.75. The number of benzene rings is 1. The van der Waals surface area contributed by atoms with Crippen LogP contribution in [0, 0.1) is 11.8 Å². The van der Waals surface area contributed by atoms with Crippen LogP contribution >= 0.6 is 11.8 Å². The van der Waals surface area contributed by atoms with Gasteiger partial charge >= 0.3 is 0 Å². The average molecular weight is 307 g/mol. The van der Waals surface area contributed by atoms with Crippen molar-refractivity contribution < 1.29 is 5.21 Å².